The summed E-state index contributed by atoms with van der Waals surface area (Å²) in [6.45, 7) is 0.734. The molecule has 2 aromatic rings. The van der Waals surface area contributed by atoms with Crippen LogP contribution >= 0.6 is 23.4 Å². The van der Waals surface area contributed by atoms with Crippen molar-refractivity contribution >= 4 is 29.3 Å². The third-order valence-electron chi connectivity index (χ3n) is 3.56. The molecule has 0 fully saturated rings. The summed E-state index contributed by atoms with van der Waals surface area (Å²) in [4.78, 5) is 13.0. The highest BCUT2D eigenvalue weighted by molar-refractivity contribution is 8.00. The molecule has 25 heavy (non-hydrogen) atoms. The Morgan fingerprint density at radius 1 is 1.28 bits per heavy atom. The van der Waals surface area contributed by atoms with Gasteiger partial charge in [0, 0.05) is 21.0 Å². The van der Waals surface area contributed by atoms with E-state index < -0.39 is 0 Å². The fourth-order valence-corrected chi connectivity index (χ4v) is 3.34. The van der Waals surface area contributed by atoms with Crippen LogP contribution in [0, 0.1) is 0 Å². The molecule has 0 aromatic heterocycles. The number of fused-ring (bicyclic) bond motifs is 1. The summed E-state index contributed by atoms with van der Waals surface area (Å²) in [5.41, 5.74) is 1.60. The Balaban J connectivity index is 1.54. The van der Waals surface area contributed by atoms with Gasteiger partial charge in [-0.15, -0.1) is 11.8 Å². The largest absolute Gasteiger partial charge is 0.497 e. The maximum atomic E-state index is 12.0. The van der Waals surface area contributed by atoms with Gasteiger partial charge in [-0.3, -0.25) is 4.79 Å². The molecule has 132 valence electrons. The number of hydrogen-bond donors (Lipinski definition) is 0. The van der Waals surface area contributed by atoms with Crippen LogP contribution in [0.2, 0.25) is 5.02 Å². The average Bonchev–Trinajstić information content (AvgIpc) is 2.64. The molecule has 0 saturated carbocycles. The van der Waals surface area contributed by atoms with E-state index in [1.165, 1.54) is 11.8 Å². The molecule has 0 bridgehead atoms. The lowest BCUT2D eigenvalue weighted by Crippen LogP contribution is -2.14. The highest BCUT2D eigenvalue weighted by atomic mass is 35.5. The van der Waals surface area contributed by atoms with Crippen LogP contribution in [-0.4, -0.2) is 25.6 Å². The van der Waals surface area contributed by atoms with Crippen LogP contribution in [-0.2, 0) is 27.5 Å². The zero-order chi connectivity index (χ0) is 17.6. The van der Waals surface area contributed by atoms with E-state index in [1.807, 2.05) is 24.3 Å². The van der Waals surface area contributed by atoms with Crippen molar-refractivity contribution in [3.63, 3.8) is 0 Å². The topological polar surface area (TPSA) is 54.0 Å². The van der Waals surface area contributed by atoms with Crippen LogP contribution in [0.1, 0.15) is 11.1 Å². The van der Waals surface area contributed by atoms with Crippen LogP contribution < -0.4 is 9.47 Å². The van der Waals surface area contributed by atoms with Crippen molar-refractivity contribution in [1.82, 2.24) is 0 Å². The quantitative estimate of drug-likeness (QED) is 0.556. The summed E-state index contributed by atoms with van der Waals surface area (Å²) < 4.78 is 21.2. The first kappa shape index (κ1) is 17.9. The van der Waals surface area contributed by atoms with Crippen LogP contribution in [0.25, 0.3) is 0 Å². The molecule has 0 unspecified atom stereocenters. The van der Waals surface area contributed by atoms with Gasteiger partial charge in [0.2, 0.25) is 0 Å². The Labute approximate surface area is 155 Å². The Morgan fingerprint density at radius 2 is 2.08 bits per heavy atom. The summed E-state index contributed by atoms with van der Waals surface area (Å²) >= 11 is 7.50. The van der Waals surface area contributed by atoms with E-state index in [4.69, 9.17) is 30.5 Å². The smallest absolute Gasteiger partial charge is 0.316 e. The van der Waals surface area contributed by atoms with E-state index in [2.05, 4.69) is 0 Å². The van der Waals surface area contributed by atoms with Crippen LogP contribution in [0.5, 0.6) is 11.5 Å². The predicted octanol–water partition coefficient (Wildman–Crippen LogP) is 4.05. The minimum Gasteiger partial charge on any atom is -0.497 e. The monoisotopic (exact) mass is 380 g/mol. The van der Waals surface area contributed by atoms with Crippen molar-refractivity contribution in [3.8, 4) is 11.5 Å². The lowest BCUT2D eigenvalue weighted by Gasteiger charge is -2.21. The average molecular weight is 381 g/mol. The minimum atomic E-state index is -0.304. The standard InChI is InChI=1S/C18H17ClO5S/c1-21-15-2-4-16(5-3-15)25-10-17(20)23-9-13-7-14(19)6-12-8-22-11-24-18(12)13/h2-7H,8-11H2,1H3. The van der Waals surface area contributed by atoms with Crippen molar-refractivity contribution < 1.29 is 23.7 Å². The molecule has 5 nitrogen and oxygen atoms in total. The normalized spacial score (nSPS) is 12.9. The second-order valence-corrected chi connectivity index (χ2v) is 6.77. The first-order valence-corrected chi connectivity index (χ1v) is 8.96. The van der Waals surface area contributed by atoms with Gasteiger partial charge in [0.25, 0.3) is 0 Å². The molecule has 3 rings (SSSR count). The number of carbonyl (C=O) groups is 1. The highest BCUT2D eigenvalue weighted by Gasteiger charge is 2.17. The summed E-state index contributed by atoms with van der Waals surface area (Å²) in [7, 11) is 1.61. The van der Waals surface area contributed by atoms with E-state index >= 15 is 0 Å². The first-order chi connectivity index (χ1) is 12.2. The lowest BCUT2D eigenvalue weighted by atomic mass is 10.1. The maximum Gasteiger partial charge on any atom is 0.316 e. The van der Waals surface area contributed by atoms with Gasteiger partial charge in [0.15, 0.2) is 6.79 Å². The molecule has 2 aromatic carbocycles. The second kappa shape index (κ2) is 8.47. The Morgan fingerprint density at radius 3 is 2.84 bits per heavy atom. The number of rotatable bonds is 6. The third kappa shape index (κ3) is 4.81. The fraction of sp³-hybridized carbons (Fsp3) is 0.278. The SMILES string of the molecule is COc1ccc(SCC(=O)OCc2cc(Cl)cc3c2OCOC3)cc1. The van der Waals surface area contributed by atoms with Gasteiger partial charge in [-0.25, -0.2) is 0 Å². The molecule has 0 saturated heterocycles. The summed E-state index contributed by atoms with van der Waals surface area (Å²) in [6.07, 6.45) is 0. The Bertz CT molecular complexity index is 748. The van der Waals surface area contributed by atoms with E-state index in [9.17, 15) is 4.79 Å². The molecule has 1 heterocycles. The number of hydrogen-bond acceptors (Lipinski definition) is 6. The zero-order valence-corrected chi connectivity index (χ0v) is 15.2. The van der Waals surface area contributed by atoms with E-state index in [1.54, 1.807) is 19.2 Å². The van der Waals surface area contributed by atoms with Crippen molar-refractivity contribution in [3.05, 3.63) is 52.5 Å². The number of methoxy groups -OCH3 is 1. The maximum absolute atomic E-state index is 12.0. The van der Waals surface area contributed by atoms with E-state index in [-0.39, 0.29) is 25.1 Å². The van der Waals surface area contributed by atoms with Gasteiger partial charge in [-0.1, -0.05) is 11.6 Å². The van der Waals surface area contributed by atoms with Crippen molar-refractivity contribution in [2.45, 2.75) is 18.1 Å². The number of thioether (sulfide) groups is 1. The van der Waals surface area contributed by atoms with Gasteiger partial charge < -0.3 is 18.9 Å². The third-order valence-corrected chi connectivity index (χ3v) is 4.76. The Kier molecular flexibility index (Phi) is 6.07. The van der Waals surface area contributed by atoms with E-state index in [0.29, 0.717) is 17.4 Å². The molecule has 0 atom stereocenters. The highest BCUT2D eigenvalue weighted by Crippen LogP contribution is 2.32. The lowest BCUT2D eigenvalue weighted by molar-refractivity contribution is -0.141. The molecule has 0 spiro atoms. The number of halogens is 1. The van der Waals surface area contributed by atoms with Gasteiger partial charge >= 0.3 is 5.97 Å². The predicted molar refractivity (Wildman–Crippen MR) is 95.3 cm³/mol. The summed E-state index contributed by atoms with van der Waals surface area (Å²) in [5, 5.41) is 0.562. The number of carbonyl (C=O) groups excluding carboxylic acids is 1. The minimum absolute atomic E-state index is 0.116. The Hall–Kier alpha value is -1.89. The van der Waals surface area contributed by atoms with Gasteiger partial charge in [0.05, 0.1) is 19.5 Å². The molecule has 1 aliphatic rings. The summed E-state index contributed by atoms with van der Waals surface area (Å²) in [6, 6.07) is 11.0. The van der Waals surface area contributed by atoms with Crippen molar-refractivity contribution in [2.24, 2.45) is 0 Å². The van der Waals surface area contributed by atoms with E-state index in [0.717, 1.165) is 21.8 Å². The number of ether oxygens (including phenoxy) is 4. The zero-order valence-electron chi connectivity index (χ0n) is 13.6. The van der Waals surface area contributed by atoms with Gasteiger partial charge in [0.1, 0.15) is 18.1 Å². The molecule has 0 amide bonds. The molecule has 0 aliphatic carbocycles. The molecule has 0 N–H and O–H groups in total. The molecule has 1 aliphatic heterocycles. The molecule has 0 radical (unpaired) electrons. The van der Waals surface area contributed by atoms with Crippen LogP contribution in [0.4, 0.5) is 0 Å². The summed E-state index contributed by atoms with van der Waals surface area (Å²) in [5.74, 6) is 1.38. The molecular weight excluding hydrogens is 364 g/mol. The van der Waals surface area contributed by atoms with Crippen LogP contribution in [0.15, 0.2) is 41.3 Å². The number of esters is 1. The van der Waals surface area contributed by atoms with Crippen molar-refractivity contribution in [2.75, 3.05) is 19.7 Å². The van der Waals surface area contributed by atoms with Crippen LogP contribution in [0.3, 0.4) is 0 Å². The molecule has 7 heteroatoms. The number of benzene rings is 2. The van der Waals surface area contributed by atoms with Gasteiger partial charge in [-0.2, -0.15) is 0 Å². The van der Waals surface area contributed by atoms with Crippen molar-refractivity contribution in [1.29, 1.82) is 0 Å². The molecular formula is C18H17ClO5S. The second-order valence-electron chi connectivity index (χ2n) is 5.29. The fourth-order valence-electron chi connectivity index (χ4n) is 2.38. The van der Waals surface area contributed by atoms with Gasteiger partial charge in [-0.05, 0) is 36.4 Å². The first-order valence-electron chi connectivity index (χ1n) is 7.60.